The lowest BCUT2D eigenvalue weighted by Crippen LogP contribution is -2.65. The molecule has 0 aromatic heterocycles. The first-order valence-corrected chi connectivity index (χ1v) is 8.38. The van der Waals surface area contributed by atoms with Crippen molar-refractivity contribution in [3.63, 3.8) is 0 Å². The molecule has 0 radical (unpaired) electrons. The molecular formula is C13H21BrN3O4+. The predicted molar refractivity (Wildman–Crippen MR) is 79.5 cm³/mol. The van der Waals surface area contributed by atoms with Crippen LogP contribution in [0, 0.1) is 26.1 Å². The Balaban J connectivity index is 2.01. The van der Waals surface area contributed by atoms with Gasteiger partial charge in [-0.2, -0.15) is 0 Å². The Morgan fingerprint density at radius 1 is 1.29 bits per heavy atom. The Morgan fingerprint density at radius 2 is 1.95 bits per heavy atom. The number of alkyl halides is 1. The van der Waals surface area contributed by atoms with Crippen LogP contribution in [0.15, 0.2) is 0 Å². The molecule has 0 spiro atoms. The van der Waals surface area contributed by atoms with Crippen LogP contribution in [0.5, 0.6) is 0 Å². The van der Waals surface area contributed by atoms with Crippen LogP contribution in [-0.2, 0) is 0 Å². The molecule has 5 atom stereocenters. The first-order valence-electron chi connectivity index (χ1n) is 7.46. The van der Waals surface area contributed by atoms with Gasteiger partial charge in [-0.15, -0.1) is 0 Å². The molecule has 21 heavy (non-hydrogen) atoms. The molecule has 118 valence electrons. The number of hydrogen-bond acceptors (Lipinski definition) is 4. The van der Waals surface area contributed by atoms with E-state index in [0.29, 0.717) is 29.9 Å². The van der Waals surface area contributed by atoms with Crippen molar-refractivity contribution in [3.8, 4) is 0 Å². The molecule has 7 nitrogen and oxygen atoms in total. The summed E-state index contributed by atoms with van der Waals surface area (Å²) >= 11 is 3.54. The highest BCUT2D eigenvalue weighted by Crippen LogP contribution is 2.59. The molecule has 5 unspecified atom stereocenters. The van der Waals surface area contributed by atoms with Gasteiger partial charge in [-0.1, -0.05) is 29.8 Å². The van der Waals surface area contributed by atoms with Crippen LogP contribution < -0.4 is 0 Å². The lowest BCUT2D eigenvalue weighted by atomic mass is 9.73. The summed E-state index contributed by atoms with van der Waals surface area (Å²) in [4.78, 5) is 22.6. The van der Waals surface area contributed by atoms with E-state index in [0.717, 1.165) is 13.0 Å². The predicted octanol–water partition coefficient (Wildman–Crippen LogP) is 1.83. The minimum absolute atomic E-state index is 0.00769. The number of piperidine rings is 1. The number of hydrogen-bond donors (Lipinski definition) is 0. The summed E-state index contributed by atoms with van der Waals surface area (Å²) < 4.78 is 0.566. The van der Waals surface area contributed by atoms with Crippen LogP contribution >= 0.6 is 15.9 Å². The second-order valence-corrected chi connectivity index (χ2v) is 8.62. The summed E-state index contributed by atoms with van der Waals surface area (Å²) in [7, 11) is 0. The first kappa shape index (κ1) is 15.1. The van der Waals surface area contributed by atoms with E-state index in [4.69, 9.17) is 0 Å². The van der Waals surface area contributed by atoms with Gasteiger partial charge in [0.1, 0.15) is 17.3 Å². The van der Waals surface area contributed by atoms with Crippen molar-refractivity contribution in [2.45, 2.75) is 55.1 Å². The Bertz CT molecular complexity index is 516. The number of halogens is 1. The Morgan fingerprint density at radius 3 is 2.48 bits per heavy atom. The minimum atomic E-state index is -1.16. The molecule has 3 saturated heterocycles. The molecule has 1 aliphatic carbocycles. The van der Waals surface area contributed by atoms with Crippen LogP contribution in [0.2, 0.25) is 0 Å². The number of rotatable bonds is 5. The standard InChI is InChI=1S/C13H21BrN3O4/c1-9(2)3-4-17-7-12(15(18)19)5-10(17)11(14)13(6-12,8-17)16(20)21/h9-11H,3-8H2,1-2H3/q+1. The van der Waals surface area contributed by atoms with E-state index < -0.39 is 11.1 Å². The zero-order valence-electron chi connectivity index (χ0n) is 12.3. The summed E-state index contributed by atoms with van der Waals surface area (Å²) in [6.07, 6.45) is 1.51. The molecule has 0 aromatic rings. The number of nitro groups is 2. The molecule has 0 aromatic carbocycles. The second-order valence-electron chi connectivity index (χ2n) is 7.63. The third-order valence-corrected chi connectivity index (χ3v) is 7.34. The summed E-state index contributed by atoms with van der Waals surface area (Å²) in [6.45, 7) is 5.98. The highest BCUT2D eigenvalue weighted by atomic mass is 79.9. The SMILES string of the molecule is CC(C)CC[N+]12CC3([N+](=O)[O-])CC1C(Br)C([N+](=O)[O-])(C3)C2. The first-order chi connectivity index (χ1) is 9.67. The molecule has 8 heteroatoms. The summed E-state index contributed by atoms with van der Waals surface area (Å²) in [5.74, 6) is 0.502. The topological polar surface area (TPSA) is 86.3 Å². The number of nitrogens with zero attached hydrogens (tertiary/aromatic N) is 3. The Kier molecular flexibility index (Phi) is 3.16. The van der Waals surface area contributed by atoms with E-state index in [1.165, 1.54) is 0 Å². The average Bonchev–Trinajstić information content (AvgIpc) is 2.73. The van der Waals surface area contributed by atoms with E-state index in [1.807, 2.05) is 0 Å². The Hall–Kier alpha value is -0.760. The molecule has 0 amide bonds. The number of quaternary nitrogens is 1. The molecule has 4 fully saturated rings. The maximum Gasteiger partial charge on any atom is 0.294 e. The maximum atomic E-state index is 11.7. The lowest BCUT2D eigenvalue weighted by molar-refractivity contribution is -0.945. The third kappa shape index (κ3) is 1.81. The van der Waals surface area contributed by atoms with E-state index >= 15 is 0 Å². The molecule has 0 N–H and O–H groups in total. The molecule has 4 rings (SSSR count). The molecule has 4 bridgehead atoms. The quantitative estimate of drug-likeness (QED) is 0.323. The molecule has 3 heterocycles. The summed E-state index contributed by atoms with van der Waals surface area (Å²) in [5.41, 5.74) is -2.25. The van der Waals surface area contributed by atoms with Gasteiger partial charge in [0.05, 0.1) is 13.0 Å². The monoisotopic (exact) mass is 362 g/mol. The fourth-order valence-electron chi connectivity index (χ4n) is 5.01. The lowest BCUT2D eigenvalue weighted by Gasteiger charge is -2.38. The normalized spacial score (nSPS) is 47.2. The van der Waals surface area contributed by atoms with Crippen LogP contribution in [0.4, 0.5) is 0 Å². The van der Waals surface area contributed by atoms with Gasteiger partial charge >= 0.3 is 0 Å². The molecular weight excluding hydrogens is 342 g/mol. The van der Waals surface area contributed by atoms with Gasteiger partial charge in [0, 0.05) is 9.85 Å². The van der Waals surface area contributed by atoms with E-state index in [1.54, 1.807) is 0 Å². The highest BCUT2D eigenvalue weighted by Gasteiger charge is 2.85. The molecule has 4 aliphatic rings. The van der Waals surface area contributed by atoms with Crippen LogP contribution in [-0.4, -0.2) is 55.9 Å². The van der Waals surface area contributed by atoms with Crippen LogP contribution in [0.1, 0.15) is 33.1 Å². The smallest absolute Gasteiger partial charge is 0.294 e. The Labute approximate surface area is 131 Å². The van der Waals surface area contributed by atoms with Crippen molar-refractivity contribution in [2.24, 2.45) is 5.92 Å². The summed E-state index contributed by atoms with van der Waals surface area (Å²) in [6, 6.07) is 0.00769. The van der Waals surface area contributed by atoms with E-state index in [2.05, 4.69) is 29.8 Å². The van der Waals surface area contributed by atoms with Crippen molar-refractivity contribution in [1.29, 1.82) is 0 Å². The van der Waals surface area contributed by atoms with Crippen molar-refractivity contribution in [2.75, 3.05) is 19.6 Å². The molecule has 3 aliphatic heterocycles. The van der Waals surface area contributed by atoms with Crippen LogP contribution in [0.3, 0.4) is 0 Å². The fourth-order valence-corrected chi connectivity index (χ4v) is 6.17. The van der Waals surface area contributed by atoms with Crippen molar-refractivity contribution in [1.82, 2.24) is 0 Å². The van der Waals surface area contributed by atoms with Gasteiger partial charge in [-0.05, 0) is 12.3 Å². The van der Waals surface area contributed by atoms with Crippen molar-refractivity contribution < 1.29 is 14.3 Å². The minimum Gasteiger partial charge on any atom is -0.308 e. The van der Waals surface area contributed by atoms with Gasteiger partial charge in [-0.3, -0.25) is 20.2 Å². The average molecular weight is 363 g/mol. The third-order valence-electron chi connectivity index (χ3n) is 5.88. The summed E-state index contributed by atoms with van der Waals surface area (Å²) in [5, 5.41) is 23.3. The largest absolute Gasteiger partial charge is 0.308 e. The van der Waals surface area contributed by atoms with E-state index in [-0.39, 0.29) is 27.1 Å². The van der Waals surface area contributed by atoms with Gasteiger partial charge in [0.15, 0.2) is 13.1 Å². The van der Waals surface area contributed by atoms with Crippen molar-refractivity contribution in [3.05, 3.63) is 20.2 Å². The van der Waals surface area contributed by atoms with Gasteiger partial charge in [-0.25, -0.2) is 0 Å². The van der Waals surface area contributed by atoms with E-state index in [9.17, 15) is 20.2 Å². The maximum absolute atomic E-state index is 11.7. The molecule has 1 saturated carbocycles. The van der Waals surface area contributed by atoms with Gasteiger partial charge in [0.25, 0.3) is 11.1 Å². The fraction of sp³-hybridized carbons (Fsp3) is 1.00. The van der Waals surface area contributed by atoms with Crippen LogP contribution in [0.25, 0.3) is 0 Å². The second kappa shape index (κ2) is 4.38. The van der Waals surface area contributed by atoms with Gasteiger partial charge < -0.3 is 4.48 Å². The van der Waals surface area contributed by atoms with Crippen molar-refractivity contribution >= 4 is 15.9 Å². The van der Waals surface area contributed by atoms with Gasteiger partial charge in [0.2, 0.25) is 0 Å². The highest BCUT2D eigenvalue weighted by molar-refractivity contribution is 9.09. The zero-order chi connectivity index (χ0) is 15.6. The zero-order valence-corrected chi connectivity index (χ0v) is 13.9.